The van der Waals surface area contributed by atoms with Crippen molar-refractivity contribution in [1.29, 1.82) is 0 Å². The van der Waals surface area contributed by atoms with Crippen LogP contribution < -0.4 is 11.5 Å². The number of nitrogens with zero attached hydrogens (tertiary/aromatic N) is 3. The minimum Gasteiger partial charge on any atom is -0.348 e. The van der Waals surface area contributed by atoms with Crippen molar-refractivity contribution in [3.05, 3.63) is 36.4 Å². The van der Waals surface area contributed by atoms with E-state index in [1.54, 1.807) is 12.7 Å². The average molecular weight is 292 g/mol. The number of nitrogens with one attached hydrogen (secondary N) is 1. The third-order valence-corrected chi connectivity index (χ3v) is 3.65. The largest absolute Gasteiger partial charge is 0.348 e. The van der Waals surface area contributed by atoms with E-state index in [0.717, 1.165) is 11.4 Å². The molecule has 5 N–H and O–H groups in total. The number of rotatable bonds is 4. The molecule has 0 saturated heterocycles. The average Bonchev–Trinajstić information content (AvgIpc) is 3.10. The predicted octanol–water partition coefficient (Wildman–Crippen LogP) is 1.30. The Bertz CT molecular complexity index is 524. The smallest absolute Gasteiger partial charge is 0.0947 e. The molecule has 118 valence electrons. The van der Waals surface area contributed by atoms with Crippen molar-refractivity contribution in [3.8, 4) is 0 Å². The second kappa shape index (κ2) is 6.87. The van der Waals surface area contributed by atoms with Crippen LogP contribution in [0.5, 0.6) is 0 Å². The van der Waals surface area contributed by atoms with Crippen LogP contribution >= 0.6 is 0 Å². The number of aryl methyl sites for hydroxylation is 1. The van der Waals surface area contributed by atoms with Gasteiger partial charge in [0, 0.05) is 49.1 Å². The van der Waals surface area contributed by atoms with E-state index in [2.05, 4.69) is 42.6 Å². The van der Waals surface area contributed by atoms with E-state index in [4.69, 9.17) is 11.5 Å². The summed E-state index contributed by atoms with van der Waals surface area (Å²) in [5, 5.41) is 0. The minimum absolute atomic E-state index is 0.00125. The minimum atomic E-state index is 0.00125. The van der Waals surface area contributed by atoms with Gasteiger partial charge >= 0.3 is 0 Å². The van der Waals surface area contributed by atoms with Gasteiger partial charge in [-0.05, 0) is 0 Å². The van der Waals surface area contributed by atoms with Crippen molar-refractivity contribution in [3.63, 3.8) is 0 Å². The molecule has 0 fully saturated rings. The first-order valence-electron chi connectivity index (χ1n) is 7.10. The maximum Gasteiger partial charge on any atom is 0.0947 e. The maximum atomic E-state index is 5.60. The third-order valence-electron chi connectivity index (χ3n) is 3.65. The zero-order chi connectivity index (χ0) is 16.1. The highest BCUT2D eigenvalue weighted by Gasteiger charge is 2.20. The van der Waals surface area contributed by atoms with Crippen LogP contribution in [-0.2, 0) is 17.9 Å². The van der Waals surface area contributed by atoms with Gasteiger partial charge in [-0.25, -0.2) is 9.97 Å². The zero-order valence-corrected chi connectivity index (χ0v) is 13.7. The lowest BCUT2D eigenvalue weighted by atomic mass is 9.90. The van der Waals surface area contributed by atoms with Crippen LogP contribution in [0.25, 0.3) is 0 Å². The van der Waals surface area contributed by atoms with Crippen molar-refractivity contribution in [2.45, 2.75) is 38.5 Å². The van der Waals surface area contributed by atoms with Crippen LogP contribution in [0.2, 0.25) is 0 Å². The number of nitrogens with two attached hydrogens (primary N) is 2. The molecule has 0 amide bonds. The molecule has 0 saturated carbocycles. The lowest BCUT2D eigenvalue weighted by Gasteiger charge is -2.19. The molecule has 0 bridgehead atoms. The van der Waals surface area contributed by atoms with Crippen LogP contribution in [0, 0.1) is 0 Å². The maximum absolute atomic E-state index is 5.60. The lowest BCUT2D eigenvalue weighted by Crippen LogP contribution is -2.28. The summed E-state index contributed by atoms with van der Waals surface area (Å²) in [4.78, 5) is 11.2. The predicted molar refractivity (Wildman–Crippen MR) is 86.0 cm³/mol. The van der Waals surface area contributed by atoms with Gasteiger partial charge in [-0.1, -0.05) is 27.7 Å². The Morgan fingerprint density at radius 1 is 1.14 bits per heavy atom. The van der Waals surface area contributed by atoms with Crippen LogP contribution in [0.1, 0.15) is 39.1 Å². The molecule has 0 atom stereocenters. The van der Waals surface area contributed by atoms with E-state index >= 15 is 0 Å². The number of hydrogen-bond acceptors (Lipinski definition) is 4. The first kappa shape index (κ1) is 17.4. The zero-order valence-electron chi connectivity index (χ0n) is 13.7. The van der Waals surface area contributed by atoms with Gasteiger partial charge in [0.1, 0.15) is 0 Å². The first-order chi connectivity index (χ1) is 9.73. The summed E-state index contributed by atoms with van der Waals surface area (Å²) in [5.74, 6) is 0. The van der Waals surface area contributed by atoms with Crippen molar-refractivity contribution in [2.24, 2.45) is 18.5 Å². The number of imidazole rings is 2. The van der Waals surface area contributed by atoms with Crippen molar-refractivity contribution >= 4 is 0 Å². The summed E-state index contributed by atoms with van der Waals surface area (Å²) in [5.41, 5.74) is 13.3. The Labute approximate surface area is 127 Å². The highest BCUT2D eigenvalue weighted by molar-refractivity contribution is 5.11. The molecule has 6 heteroatoms. The summed E-state index contributed by atoms with van der Waals surface area (Å²) in [6.45, 7) is 9.62. The van der Waals surface area contributed by atoms with E-state index in [0.29, 0.717) is 13.1 Å². The van der Waals surface area contributed by atoms with Crippen LogP contribution in [0.3, 0.4) is 0 Å². The summed E-state index contributed by atoms with van der Waals surface area (Å²) in [6.07, 6.45) is 7.29. The van der Waals surface area contributed by atoms with Gasteiger partial charge in [-0.3, -0.25) is 0 Å². The molecule has 0 aliphatic heterocycles. The second-order valence-corrected chi connectivity index (χ2v) is 6.57. The molecule has 0 radical (unpaired) electrons. The number of H-pyrrole nitrogens is 1. The molecule has 2 aromatic rings. The van der Waals surface area contributed by atoms with Crippen LogP contribution in [0.4, 0.5) is 0 Å². The lowest BCUT2D eigenvalue weighted by molar-refractivity contribution is 0.524. The molecular weight excluding hydrogens is 264 g/mol. The Kier molecular flexibility index (Phi) is 5.69. The highest BCUT2D eigenvalue weighted by atomic mass is 15.0. The van der Waals surface area contributed by atoms with E-state index in [1.165, 1.54) is 0 Å². The van der Waals surface area contributed by atoms with Crippen LogP contribution in [0.15, 0.2) is 25.0 Å². The van der Waals surface area contributed by atoms with Gasteiger partial charge in [-0.15, -0.1) is 0 Å². The topological polar surface area (TPSA) is 98.5 Å². The first-order valence-corrected chi connectivity index (χ1v) is 7.10. The summed E-state index contributed by atoms with van der Waals surface area (Å²) >= 11 is 0. The highest BCUT2D eigenvalue weighted by Crippen LogP contribution is 2.18. The molecule has 0 aliphatic carbocycles. The van der Waals surface area contributed by atoms with Gasteiger partial charge < -0.3 is 21.0 Å². The quantitative estimate of drug-likeness (QED) is 0.791. The second-order valence-electron chi connectivity index (χ2n) is 6.57. The van der Waals surface area contributed by atoms with E-state index in [1.807, 2.05) is 24.0 Å². The summed E-state index contributed by atoms with van der Waals surface area (Å²) in [6, 6.07) is 0. The van der Waals surface area contributed by atoms with E-state index < -0.39 is 0 Å². The molecule has 21 heavy (non-hydrogen) atoms. The third kappa shape index (κ3) is 4.68. The van der Waals surface area contributed by atoms with E-state index in [9.17, 15) is 0 Å². The number of aromatic amines is 1. The molecular formula is C15H28N6. The van der Waals surface area contributed by atoms with Gasteiger partial charge in [0.05, 0.1) is 18.3 Å². The fraction of sp³-hybridized carbons (Fsp3) is 0.600. The Morgan fingerprint density at radius 2 is 1.76 bits per heavy atom. The SMILES string of the molecule is CC(C)(CN)c1cnc[nH]1.Cn1cnc(C(C)(C)CN)c1. The van der Waals surface area contributed by atoms with Crippen LogP contribution in [-0.4, -0.2) is 32.6 Å². The summed E-state index contributed by atoms with van der Waals surface area (Å²) < 4.78 is 1.94. The monoisotopic (exact) mass is 292 g/mol. The molecule has 6 nitrogen and oxygen atoms in total. The molecule has 2 heterocycles. The Morgan fingerprint density at radius 3 is 2.14 bits per heavy atom. The molecule has 0 aliphatic rings. The van der Waals surface area contributed by atoms with Crippen molar-refractivity contribution in [1.82, 2.24) is 19.5 Å². The molecule has 0 aromatic carbocycles. The van der Waals surface area contributed by atoms with Gasteiger partial charge in [0.2, 0.25) is 0 Å². The van der Waals surface area contributed by atoms with E-state index in [-0.39, 0.29) is 10.8 Å². The van der Waals surface area contributed by atoms with Crippen molar-refractivity contribution in [2.75, 3.05) is 13.1 Å². The number of aromatic nitrogens is 4. The summed E-state index contributed by atoms with van der Waals surface area (Å²) in [7, 11) is 1.96. The van der Waals surface area contributed by atoms with Crippen molar-refractivity contribution < 1.29 is 0 Å². The molecule has 2 aromatic heterocycles. The Balaban J connectivity index is 0.000000211. The molecule has 0 unspecified atom stereocenters. The molecule has 0 spiro atoms. The van der Waals surface area contributed by atoms with Gasteiger partial charge in [-0.2, -0.15) is 0 Å². The van der Waals surface area contributed by atoms with Gasteiger partial charge in [0.15, 0.2) is 0 Å². The normalized spacial score (nSPS) is 12.0. The Hall–Kier alpha value is -1.66. The molecule has 2 rings (SSSR count). The fourth-order valence-corrected chi connectivity index (χ4v) is 1.60. The number of hydrogen-bond donors (Lipinski definition) is 3. The van der Waals surface area contributed by atoms with Gasteiger partial charge in [0.25, 0.3) is 0 Å². The fourth-order valence-electron chi connectivity index (χ4n) is 1.60. The standard InChI is InChI=1S/C8H15N3.C7H13N3/c1-8(2,5-9)7-4-11(3)6-10-7;1-7(2,4-8)6-3-9-5-10-6/h4,6H,5,9H2,1-3H3;3,5H,4,8H2,1-2H3,(H,9,10).